The van der Waals surface area contributed by atoms with E-state index in [0.29, 0.717) is 28.6 Å². The van der Waals surface area contributed by atoms with Gasteiger partial charge in [0.2, 0.25) is 0 Å². The van der Waals surface area contributed by atoms with Gasteiger partial charge in [0.15, 0.2) is 5.82 Å². The van der Waals surface area contributed by atoms with Crippen molar-refractivity contribution in [1.82, 2.24) is 34.9 Å². The van der Waals surface area contributed by atoms with E-state index >= 15 is 0 Å². The topological polar surface area (TPSA) is 67.9 Å². The van der Waals surface area contributed by atoms with Crippen LogP contribution in [0.2, 0.25) is 0 Å². The number of anilines is 1. The van der Waals surface area contributed by atoms with Crippen LogP contribution in [0.15, 0.2) is 36.7 Å². The van der Waals surface area contributed by atoms with Gasteiger partial charge in [0, 0.05) is 5.56 Å². The normalized spacial score (nSPS) is 22.4. The highest BCUT2D eigenvalue weighted by atomic mass is 19.2. The Morgan fingerprint density at radius 1 is 1.22 bits per heavy atom. The van der Waals surface area contributed by atoms with Crippen molar-refractivity contribution in [2.75, 3.05) is 11.6 Å². The van der Waals surface area contributed by atoms with Crippen molar-refractivity contribution in [3.05, 3.63) is 42.4 Å². The second-order valence-electron chi connectivity index (χ2n) is 7.45. The minimum atomic E-state index is 0.132. The molecule has 2 aromatic heterocycles. The van der Waals surface area contributed by atoms with Crippen LogP contribution < -0.4 is 4.90 Å². The maximum atomic E-state index is 14.1. The molecule has 0 bridgehead atoms. The molecule has 1 fully saturated rings. The summed E-state index contributed by atoms with van der Waals surface area (Å²) in [4.78, 5) is 1.91. The van der Waals surface area contributed by atoms with Crippen molar-refractivity contribution in [1.29, 1.82) is 0 Å². The molecule has 3 aromatic rings. The van der Waals surface area contributed by atoms with Crippen LogP contribution in [0.3, 0.4) is 0 Å². The largest absolute Gasteiger partial charge is 0.304 e. The molecule has 1 aliphatic carbocycles. The summed E-state index contributed by atoms with van der Waals surface area (Å²) in [6.07, 6.45) is 5.38. The summed E-state index contributed by atoms with van der Waals surface area (Å²) in [5, 5.41) is 17.8. The predicted molar refractivity (Wildman–Crippen MR) is 95.9 cm³/mol. The lowest BCUT2D eigenvalue weighted by Gasteiger charge is -2.29. The molecule has 3 aliphatic rings. The van der Waals surface area contributed by atoms with Gasteiger partial charge < -0.3 is 4.90 Å². The van der Waals surface area contributed by atoms with E-state index in [1.165, 1.54) is 12.6 Å². The Kier molecular flexibility index (Phi) is 2.84. The van der Waals surface area contributed by atoms with Gasteiger partial charge in [-0.15, -0.1) is 15.3 Å². The average molecular weight is 364 g/mol. The van der Waals surface area contributed by atoms with Crippen molar-refractivity contribution in [2.24, 2.45) is 11.8 Å². The molecule has 0 amide bonds. The molecule has 9 heteroatoms. The number of rotatable bonds is 3. The number of halogens is 1. The monoisotopic (exact) mass is 364 g/mol. The second-order valence-corrected chi connectivity index (χ2v) is 7.45. The van der Waals surface area contributed by atoms with Gasteiger partial charge in [0.25, 0.3) is 5.95 Å². The van der Waals surface area contributed by atoms with Crippen molar-refractivity contribution in [3.63, 3.8) is 0 Å². The molecular weight excluding hydrogens is 347 g/mol. The zero-order valence-corrected chi connectivity index (χ0v) is 14.7. The fraction of sp³-hybridized carbons (Fsp3) is 0.333. The van der Waals surface area contributed by atoms with Gasteiger partial charge >= 0.3 is 0 Å². The van der Waals surface area contributed by atoms with E-state index in [1.54, 1.807) is 10.9 Å². The second kappa shape index (κ2) is 5.15. The molecule has 1 aromatic carbocycles. The van der Waals surface area contributed by atoms with Crippen molar-refractivity contribution >= 4 is 11.5 Å². The molecule has 4 heterocycles. The Labute approximate surface area is 154 Å². The highest BCUT2D eigenvalue weighted by molar-refractivity contribution is 5.89. The molecule has 2 atom stereocenters. The first-order valence-corrected chi connectivity index (χ1v) is 9.07. The molecule has 6 rings (SSSR count). The Balaban J connectivity index is 1.53. The Morgan fingerprint density at radius 3 is 2.93 bits per heavy atom. The highest BCUT2D eigenvalue weighted by Crippen LogP contribution is 2.43. The Hall–Kier alpha value is -3.23. The van der Waals surface area contributed by atoms with Crippen molar-refractivity contribution in [3.8, 4) is 17.3 Å². The Bertz CT molecular complexity index is 1080. The minimum Gasteiger partial charge on any atom is -0.304 e. The summed E-state index contributed by atoms with van der Waals surface area (Å²) in [7, 11) is 0. The van der Waals surface area contributed by atoms with Crippen molar-refractivity contribution < 1.29 is 4.48 Å². The number of benzene rings is 1. The van der Waals surface area contributed by atoms with Crippen LogP contribution in [0.5, 0.6) is 0 Å². The third kappa shape index (κ3) is 2.08. The molecule has 136 valence electrons. The van der Waals surface area contributed by atoms with E-state index in [-0.39, 0.29) is 6.67 Å². The lowest BCUT2D eigenvalue weighted by molar-refractivity contribution is 0.104. The third-order valence-corrected chi connectivity index (χ3v) is 5.68. The fourth-order valence-electron chi connectivity index (χ4n) is 4.03. The number of hydrogen-bond acceptors (Lipinski definition) is 6. The molecule has 0 radical (unpaired) electrons. The minimum absolute atomic E-state index is 0.132. The Morgan fingerprint density at radius 2 is 2.07 bits per heavy atom. The van der Waals surface area contributed by atoms with Crippen LogP contribution in [0.25, 0.3) is 23.2 Å². The maximum absolute atomic E-state index is 14.1. The van der Waals surface area contributed by atoms with Gasteiger partial charge in [-0.3, -0.25) is 0 Å². The summed E-state index contributed by atoms with van der Waals surface area (Å²) in [6, 6.07) is 7.84. The van der Waals surface area contributed by atoms with E-state index in [4.69, 9.17) is 0 Å². The van der Waals surface area contributed by atoms with Crippen LogP contribution in [0.1, 0.15) is 19.0 Å². The number of fused-ring (bicyclic) bond motifs is 6. The third-order valence-electron chi connectivity index (χ3n) is 5.68. The quantitative estimate of drug-likeness (QED) is 0.665. The van der Waals surface area contributed by atoms with E-state index in [0.717, 1.165) is 29.3 Å². The molecule has 8 nitrogen and oxygen atoms in total. The first kappa shape index (κ1) is 14.9. The molecule has 0 saturated heterocycles. The van der Waals surface area contributed by atoms with Crippen LogP contribution in [-0.4, -0.2) is 41.5 Å². The number of para-hydroxylation sites is 1. The standard InChI is InChI=1S/C18H17FN8/c1-11-6-12(11)7-13-8-20-23-27(13)18-22-21-17-14-4-2-3-5-15(14)25-10-24(19)9-16(25)26(17)18/h2-5,8-9,11-12H,6-7,10H2,1H3. The van der Waals surface area contributed by atoms with Crippen LogP contribution in [0, 0.1) is 11.8 Å². The van der Waals surface area contributed by atoms with Crippen molar-refractivity contribution in [2.45, 2.75) is 19.8 Å². The summed E-state index contributed by atoms with van der Waals surface area (Å²) in [5.41, 5.74) is 2.84. The predicted octanol–water partition coefficient (Wildman–Crippen LogP) is 2.46. The SMILES string of the molecule is CC1CC1Cc1cnnn1-c1nnc2n1C1=CN(F)CN1c1ccccc1-2. The van der Waals surface area contributed by atoms with Gasteiger partial charge in [-0.1, -0.05) is 28.8 Å². The van der Waals surface area contributed by atoms with Crippen LogP contribution >= 0.6 is 0 Å². The van der Waals surface area contributed by atoms with Crippen LogP contribution in [-0.2, 0) is 6.42 Å². The van der Waals surface area contributed by atoms with Gasteiger partial charge in [-0.25, -0.2) is 4.57 Å². The molecule has 0 spiro atoms. The van der Waals surface area contributed by atoms with Gasteiger partial charge in [-0.05, 0) is 36.8 Å². The van der Waals surface area contributed by atoms with E-state index in [2.05, 4.69) is 27.4 Å². The van der Waals surface area contributed by atoms with Gasteiger partial charge in [0.1, 0.15) is 12.5 Å². The zero-order chi connectivity index (χ0) is 18.1. The summed E-state index contributed by atoms with van der Waals surface area (Å²) in [5.74, 6) is 3.29. The first-order chi connectivity index (χ1) is 13.2. The van der Waals surface area contributed by atoms with E-state index < -0.39 is 0 Å². The van der Waals surface area contributed by atoms with Gasteiger partial charge in [-0.2, -0.15) is 9.80 Å². The number of hydrogen-bond donors (Lipinski definition) is 0. The summed E-state index contributed by atoms with van der Waals surface area (Å²) >= 11 is 0. The lowest BCUT2D eigenvalue weighted by atomic mass is 10.1. The highest BCUT2D eigenvalue weighted by Gasteiger charge is 2.37. The number of nitrogens with zero attached hydrogens (tertiary/aromatic N) is 8. The van der Waals surface area contributed by atoms with Gasteiger partial charge in [0.05, 0.1) is 23.8 Å². The average Bonchev–Trinajstić information content (AvgIpc) is 3.06. The first-order valence-electron chi connectivity index (χ1n) is 9.07. The fourth-order valence-corrected chi connectivity index (χ4v) is 4.03. The maximum Gasteiger partial charge on any atom is 0.259 e. The zero-order valence-electron chi connectivity index (χ0n) is 14.7. The molecule has 27 heavy (non-hydrogen) atoms. The molecule has 0 N–H and O–H groups in total. The lowest BCUT2D eigenvalue weighted by Crippen LogP contribution is -2.29. The number of aromatic nitrogens is 6. The summed E-state index contributed by atoms with van der Waals surface area (Å²) < 4.78 is 17.7. The molecule has 2 aliphatic heterocycles. The smallest absolute Gasteiger partial charge is 0.259 e. The summed E-state index contributed by atoms with van der Waals surface area (Å²) in [6.45, 7) is 2.39. The molecule has 1 saturated carbocycles. The molecular formula is C18H17FN8. The van der Waals surface area contributed by atoms with E-state index in [9.17, 15) is 4.48 Å². The molecule has 2 unspecified atom stereocenters. The van der Waals surface area contributed by atoms with Crippen LogP contribution in [0.4, 0.5) is 10.2 Å². The van der Waals surface area contributed by atoms with E-state index in [1.807, 2.05) is 33.7 Å².